The highest BCUT2D eigenvalue weighted by Crippen LogP contribution is 2.13. The van der Waals surface area contributed by atoms with Gasteiger partial charge in [-0.3, -0.25) is 4.90 Å². The second-order valence-electron chi connectivity index (χ2n) is 3.97. The van der Waals surface area contributed by atoms with Crippen molar-refractivity contribution in [1.29, 1.82) is 0 Å². The highest BCUT2D eigenvalue weighted by atomic mass is 16.3. The molecule has 14 heavy (non-hydrogen) atoms. The third-order valence-corrected chi connectivity index (χ3v) is 2.98. The zero-order chi connectivity index (χ0) is 9.80. The Morgan fingerprint density at radius 1 is 1.50 bits per heavy atom. The Hall–Kier alpha value is -0.800. The van der Waals surface area contributed by atoms with E-state index in [2.05, 4.69) is 17.3 Å². The minimum Gasteiger partial charge on any atom is -0.472 e. The fraction of sp³-hybridized carbons (Fsp3) is 0.636. The van der Waals surface area contributed by atoms with Gasteiger partial charge >= 0.3 is 0 Å². The number of nitrogens with zero attached hydrogens (tertiary/aromatic N) is 1. The molecular weight excluding hydrogens is 176 g/mol. The third kappa shape index (κ3) is 2.36. The van der Waals surface area contributed by atoms with Crippen molar-refractivity contribution in [3.8, 4) is 0 Å². The summed E-state index contributed by atoms with van der Waals surface area (Å²) in [6.45, 7) is 3.42. The predicted octanol–water partition coefficient (Wildman–Crippen LogP) is 1.46. The van der Waals surface area contributed by atoms with E-state index in [1.807, 2.05) is 12.3 Å². The Kier molecular flexibility index (Phi) is 3.22. The lowest BCUT2D eigenvalue weighted by atomic mass is 10.1. The largest absolute Gasteiger partial charge is 0.472 e. The summed E-state index contributed by atoms with van der Waals surface area (Å²) < 4.78 is 5.06. The molecule has 0 spiro atoms. The van der Waals surface area contributed by atoms with Gasteiger partial charge in [-0.25, -0.2) is 0 Å². The van der Waals surface area contributed by atoms with Crippen LogP contribution in [0.25, 0.3) is 0 Å². The maximum Gasteiger partial charge on any atom is 0.0947 e. The minimum atomic E-state index is 0.718. The van der Waals surface area contributed by atoms with Crippen molar-refractivity contribution in [3.63, 3.8) is 0 Å². The van der Waals surface area contributed by atoms with Crippen LogP contribution in [0.15, 0.2) is 23.0 Å². The number of furan rings is 1. The van der Waals surface area contributed by atoms with Crippen LogP contribution in [-0.2, 0) is 6.54 Å². The number of likely N-dealkylation sites (tertiary alicyclic amines) is 1. The molecule has 1 saturated heterocycles. The predicted molar refractivity (Wildman–Crippen MR) is 56.1 cm³/mol. The normalized spacial score (nSPS) is 20.1. The van der Waals surface area contributed by atoms with Crippen molar-refractivity contribution in [3.05, 3.63) is 24.2 Å². The Morgan fingerprint density at radius 3 is 2.86 bits per heavy atom. The number of hydrogen-bond donors (Lipinski definition) is 1. The number of hydrogen-bond acceptors (Lipinski definition) is 3. The summed E-state index contributed by atoms with van der Waals surface area (Å²) in [5.74, 6) is 0. The molecule has 0 radical (unpaired) electrons. The first-order valence-corrected chi connectivity index (χ1v) is 5.29. The highest BCUT2D eigenvalue weighted by Gasteiger charge is 2.17. The molecule has 2 heterocycles. The Bertz CT molecular complexity index is 250. The van der Waals surface area contributed by atoms with E-state index in [4.69, 9.17) is 4.42 Å². The first kappa shape index (κ1) is 9.74. The molecular formula is C11H18N2O. The van der Waals surface area contributed by atoms with Gasteiger partial charge in [0, 0.05) is 18.2 Å². The van der Waals surface area contributed by atoms with Gasteiger partial charge in [0.25, 0.3) is 0 Å². The fourth-order valence-electron chi connectivity index (χ4n) is 2.02. The van der Waals surface area contributed by atoms with Gasteiger partial charge in [0.1, 0.15) is 0 Å². The van der Waals surface area contributed by atoms with E-state index in [1.54, 1.807) is 6.26 Å². The molecule has 3 heteroatoms. The smallest absolute Gasteiger partial charge is 0.0947 e. The molecule has 0 aromatic carbocycles. The van der Waals surface area contributed by atoms with Crippen LogP contribution in [0.1, 0.15) is 18.4 Å². The Labute approximate surface area is 85.1 Å². The lowest BCUT2D eigenvalue weighted by Crippen LogP contribution is -2.40. The lowest BCUT2D eigenvalue weighted by Gasteiger charge is -2.31. The molecule has 1 aromatic heterocycles. The standard InChI is InChI=1S/C11H18N2O/c1-12-11-2-5-13(6-3-11)8-10-4-7-14-9-10/h4,7,9,11-12H,2-3,5-6,8H2,1H3. The maximum atomic E-state index is 5.06. The van der Waals surface area contributed by atoms with E-state index in [1.165, 1.54) is 31.5 Å². The first-order chi connectivity index (χ1) is 6.88. The average molecular weight is 194 g/mol. The van der Waals surface area contributed by atoms with Crippen LogP contribution in [0.3, 0.4) is 0 Å². The molecule has 78 valence electrons. The van der Waals surface area contributed by atoms with Crippen molar-refractivity contribution < 1.29 is 4.42 Å². The van der Waals surface area contributed by atoms with Gasteiger partial charge in [-0.1, -0.05) is 0 Å². The van der Waals surface area contributed by atoms with Crippen molar-refractivity contribution in [2.75, 3.05) is 20.1 Å². The topological polar surface area (TPSA) is 28.4 Å². The summed E-state index contributed by atoms with van der Waals surface area (Å²) in [7, 11) is 2.05. The first-order valence-electron chi connectivity index (χ1n) is 5.29. The number of nitrogens with one attached hydrogen (secondary N) is 1. The van der Waals surface area contributed by atoms with E-state index in [9.17, 15) is 0 Å². The number of piperidine rings is 1. The van der Waals surface area contributed by atoms with E-state index in [0.717, 1.165) is 12.6 Å². The molecule has 0 bridgehead atoms. The SMILES string of the molecule is CNC1CCN(Cc2ccoc2)CC1. The van der Waals surface area contributed by atoms with E-state index in [-0.39, 0.29) is 0 Å². The van der Waals surface area contributed by atoms with Crippen LogP contribution in [0, 0.1) is 0 Å². The molecule has 1 fully saturated rings. The Morgan fingerprint density at radius 2 is 2.29 bits per heavy atom. The lowest BCUT2D eigenvalue weighted by molar-refractivity contribution is 0.194. The summed E-state index contributed by atoms with van der Waals surface area (Å²) in [5, 5.41) is 3.34. The van der Waals surface area contributed by atoms with Gasteiger partial charge in [-0.2, -0.15) is 0 Å². The average Bonchev–Trinajstić information content (AvgIpc) is 2.72. The van der Waals surface area contributed by atoms with Crippen LogP contribution < -0.4 is 5.32 Å². The van der Waals surface area contributed by atoms with Gasteiger partial charge in [-0.15, -0.1) is 0 Å². The van der Waals surface area contributed by atoms with Crippen molar-refractivity contribution in [1.82, 2.24) is 10.2 Å². The zero-order valence-electron chi connectivity index (χ0n) is 8.70. The Balaban J connectivity index is 1.79. The summed E-state index contributed by atoms with van der Waals surface area (Å²) in [6, 6.07) is 2.76. The summed E-state index contributed by atoms with van der Waals surface area (Å²) in [4.78, 5) is 2.48. The maximum absolute atomic E-state index is 5.06. The van der Waals surface area contributed by atoms with Crippen LogP contribution in [-0.4, -0.2) is 31.1 Å². The molecule has 1 aliphatic heterocycles. The molecule has 0 saturated carbocycles. The summed E-state index contributed by atoms with van der Waals surface area (Å²) in [6.07, 6.45) is 6.10. The third-order valence-electron chi connectivity index (χ3n) is 2.98. The molecule has 0 atom stereocenters. The van der Waals surface area contributed by atoms with Crippen molar-refractivity contribution in [2.24, 2.45) is 0 Å². The highest BCUT2D eigenvalue weighted by molar-refractivity contribution is 5.05. The van der Waals surface area contributed by atoms with Gasteiger partial charge < -0.3 is 9.73 Å². The van der Waals surface area contributed by atoms with Crippen LogP contribution in [0.2, 0.25) is 0 Å². The molecule has 1 N–H and O–H groups in total. The molecule has 0 unspecified atom stereocenters. The molecule has 0 aliphatic carbocycles. The van der Waals surface area contributed by atoms with Gasteiger partial charge in [0.05, 0.1) is 12.5 Å². The van der Waals surface area contributed by atoms with Gasteiger partial charge in [-0.05, 0) is 39.0 Å². The van der Waals surface area contributed by atoms with Gasteiger partial charge in [0.15, 0.2) is 0 Å². The van der Waals surface area contributed by atoms with Crippen LogP contribution >= 0.6 is 0 Å². The summed E-state index contributed by atoms with van der Waals surface area (Å²) >= 11 is 0. The quantitative estimate of drug-likeness (QED) is 0.789. The van der Waals surface area contributed by atoms with E-state index >= 15 is 0 Å². The second kappa shape index (κ2) is 4.62. The molecule has 1 aliphatic rings. The molecule has 3 nitrogen and oxygen atoms in total. The monoisotopic (exact) mass is 194 g/mol. The fourth-order valence-corrected chi connectivity index (χ4v) is 2.02. The van der Waals surface area contributed by atoms with Gasteiger partial charge in [0.2, 0.25) is 0 Å². The van der Waals surface area contributed by atoms with Crippen molar-refractivity contribution in [2.45, 2.75) is 25.4 Å². The van der Waals surface area contributed by atoms with E-state index in [0.29, 0.717) is 0 Å². The minimum absolute atomic E-state index is 0.718. The summed E-state index contributed by atoms with van der Waals surface area (Å²) in [5.41, 5.74) is 1.29. The second-order valence-corrected chi connectivity index (χ2v) is 3.97. The number of rotatable bonds is 3. The van der Waals surface area contributed by atoms with Crippen molar-refractivity contribution >= 4 is 0 Å². The van der Waals surface area contributed by atoms with E-state index < -0.39 is 0 Å². The van der Waals surface area contributed by atoms with Crippen LogP contribution in [0.5, 0.6) is 0 Å². The van der Waals surface area contributed by atoms with Crippen LogP contribution in [0.4, 0.5) is 0 Å². The molecule has 0 amide bonds. The molecule has 2 rings (SSSR count). The zero-order valence-corrected chi connectivity index (χ0v) is 8.70. The molecule has 1 aromatic rings.